The lowest BCUT2D eigenvalue weighted by Gasteiger charge is -2.35. The van der Waals surface area contributed by atoms with Crippen molar-refractivity contribution in [2.45, 2.75) is 39.0 Å². The molecule has 1 saturated carbocycles. The zero-order chi connectivity index (χ0) is 17.8. The smallest absolute Gasteiger partial charge is 0.314 e. The molecule has 0 spiro atoms. The maximum Gasteiger partial charge on any atom is 0.314 e. The number of aromatic nitrogens is 2. The van der Waals surface area contributed by atoms with Crippen LogP contribution < -0.4 is 10.6 Å². The minimum atomic E-state index is -0.0673. The molecule has 1 aliphatic carbocycles. The molecule has 1 fully saturated rings. The molecule has 0 aliphatic heterocycles. The van der Waals surface area contributed by atoms with E-state index in [2.05, 4.69) is 53.0 Å². The van der Waals surface area contributed by atoms with Gasteiger partial charge in [0.2, 0.25) is 0 Å². The van der Waals surface area contributed by atoms with E-state index in [4.69, 9.17) is 0 Å². The number of nitrogens with one attached hydrogen (secondary N) is 2. The van der Waals surface area contributed by atoms with E-state index >= 15 is 0 Å². The summed E-state index contributed by atoms with van der Waals surface area (Å²) < 4.78 is 1.89. The fraction of sp³-hybridized carbons (Fsp3) is 0.500. The first-order valence-corrected chi connectivity index (χ1v) is 9.10. The van der Waals surface area contributed by atoms with Gasteiger partial charge in [0.05, 0.1) is 5.69 Å². The number of nitrogens with zero attached hydrogens (tertiary/aromatic N) is 2. The number of rotatable bonds is 6. The molecule has 0 saturated heterocycles. The van der Waals surface area contributed by atoms with Gasteiger partial charge >= 0.3 is 6.03 Å². The maximum atomic E-state index is 12.0. The van der Waals surface area contributed by atoms with Crippen molar-refractivity contribution in [3.63, 3.8) is 0 Å². The van der Waals surface area contributed by atoms with Crippen LogP contribution in [0.5, 0.6) is 0 Å². The van der Waals surface area contributed by atoms with Crippen LogP contribution in [-0.2, 0) is 13.5 Å². The number of carbonyl (C=O) groups excluding carboxylic acids is 1. The van der Waals surface area contributed by atoms with Crippen LogP contribution in [0.4, 0.5) is 4.79 Å². The van der Waals surface area contributed by atoms with Crippen LogP contribution in [0.2, 0.25) is 0 Å². The standard InChI is InChI=1S/C20H28N4O/c1-14-19(15(2)24(3)23-14)9-10-21-20(25)22-13-16-11-18(12-16)17-7-5-4-6-8-17/h4-8,16,18H,9-13H2,1-3H3,(H2,21,22,25). The monoisotopic (exact) mass is 340 g/mol. The molecule has 1 aliphatic rings. The normalized spacial score (nSPS) is 19.3. The third-order valence-corrected chi connectivity index (χ3v) is 5.38. The number of hydrogen-bond donors (Lipinski definition) is 2. The zero-order valence-electron chi connectivity index (χ0n) is 15.4. The second-order valence-electron chi connectivity index (χ2n) is 7.10. The molecule has 3 rings (SSSR count). The Morgan fingerprint density at radius 3 is 2.56 bits per heavy atom. The SMILES string of the molecule is Cc1nn(C)c(C)c1CCNC(=O)NCC1CC(c2ccccc2)C1. The molecule has 2 N–H and O–H groups in total. The average molecular weight is 340 g/mol. The molecule has 5 heteroatoms. The Hall–Kier alpha value is -2.30. The first-order valence-electron chi connectivity index (χ1n) is 9.10. The summed E-state index contributed by atoms with van der Waals surface area (Å²) in [6.07, 6.45) is 3.15. The van der Waals surface area contributed by atoms with E-state index in [0.717, 1.165) is 18.7 Å². The van der Waals surface area contributed by atoms with Crippen LogP contribution >= 0.6 is 0 Å². The molecule has 1 aromatic heterocycles. The highest BCUT2D eigenvalue weighted by atomic mass is 16.2. The molecule has 1 heterocycles. The molecule has 0 radical (unpaired) electrons. The van der Waals surface area contributed by atoms with Crippen molar-refractivity contribution in [3.05, 3.63) is 52.8 Å². The predicted octanol–water partition coefficient (Wildman–Crippen LogP) is 3.07. The van der Waals surface area contributed by atoms with Crippen molar-refractivity contribution in [1.29, 1.82) is 0 Å². The molecular formula is C20H28N4O. The van der Waals surface area contributed by atoms with Crippen molar-refractivity contribution < 1.29 is 4.79 Å². The molecule has 0 unspecified atom stereocenters. The van der Waals surface area contributed by atoms with Crippen molar-refractivity contribution in [3.8, 4) is 0 Å². The lowest BCUT2D eigenvalue weighted by molar-refractivity contribution is 0.224. The van der Waals surface area contributed by atoms with Crippen LogP contribution in [0.15, 0.2) is 30.3 Å². The summed E-state index contributed by atoms with van der Waals surface area (Å²) in [5, 5.41) is 10.4. The summed E-state index contributed by atoms with van der Waals surface area (Å²) in [5.41, 5.74) is 4.86. The molecule has 0 atom stereocenters. The van der Waals surface area contributed by atoms with Crippen molar-refractivity contribution in [1.82, 2.24) is 20.4 Å². The van der Waals surface area contributed by atoms with E-state index in [1.807, 2.05) is 18.7 Å². The van der Waals surface area contributed by atoms with E-state index in [9.17, 15) is 4.79 Å². The van der Waals surface area contributed by atoms with Crippen molar-refractivity contribution in [2.75, 3.05) is 13.1 Å². The maximum absolute atomic E-state index is 12.0. The van der Waals surface area contributed by atoms with Gasteiger partial charge in [0.25, 0.3) is 0 Å². The molecular weight excluding hydrogens is 312 g/mol. The minimum Gasteiger partial charge on any atom is -0.338 e. The van der Waals surface area contributed by atoms with Gasteiger partial charge in [-0.1, -0.05) is 30.3 Å². The molecule has 1 aromatic carbocycles. The lowest BCUT2D eigenvalue weighted by Crippen LogP contribution is -2.41. The van der Waals surface area contributed by atoms with E-state index in [1.54, 1.807) is 0 Å². The number of benzene rings is 1. The average Bonchev–Trinajstić information content (AvgIpc) is 2.80. The molecule has 134 valence electrons. The van der Waals surface area contributed by atoms with Crippen LogP contribution in [0.1, 0.15) is 41.3 Å². The Balaban J connectivity index is 1.33. The molecule has 25 heavy (non-hydrogen) atoms. The first kappa shape index (κ1) is 17.5. The Kier molecular flexibility index (Phi) is 5.41. The number of hydrogen-bond acceptors (Lipinski definition) is 2. The number of urea groups is 1. The van der Waals surface area contributed by atoms with E-state index in [0.29, 0.717) is 18.4 Å². The largest absolute Gasteiger partial charge is 0.338 e. The van der Waals surface area contributed by atoms with Gasteiger partial charge in [0, 0.05) is 25.8 Å². The first-order chi connectivity index (χ1) is 12.0. The summed E-state index contributed by atoms with van der Waals surface area (Å²) in [5.74, 6) is 1.26. The quantitative estimate of drug-likeness (QED) is 0.849. The number of carbonyl (C=O) groups is 1. The van der Waals surface area contributed by atoms with Gasteiger partial charge in [-0.2, -0.15) is 5.10 Å². The fourth-order valence-electron chi connectivity index (χ4n) is 3.68. The Bertz CT molecular complexity index is 717. The van der Waals surface area contributed by atoms with Crippen LogP contribution in [0.3, 0.4) is 0 Å². The molecule has 2 aromatic rings. The van der Waals surface area contributed by atoms with Crippen molar-refractivity contribution in [2.24, 2.45) is 13.0 Å². The molecule has 5 nitrogen and oxygen atoms in total. The van der Waals surface area contributed by atoms with Gasteiger partial charge in [-0.05, 0) is 56.1 Å². The van der Waals surface area contributed by atoms with Crippen LogP contribution in [-0.4, -0.2) is 28.9 Å². The minimum absolute atomic E-state index is 0.0673. The highest BCUT2D eigenvalue weighted by Gasteiger charge is 2.30. The van der Waals surface area contributed by atoms with Crippen LogP contribution in [0.25, 0.3) is 0 Å². The van der Waals surface area contributed by atoms with E-state index in [-0.39, 0.29) is 6.03 Å². The summed E-state index contributed by atoms with van der Waals surface area (Å²) in [7, 11) is 1.95. The Morgan fingerprint density at radius 2 is 1.92 bits per heavy atom. The third-order valence-electron chi connectivity index (χ3n) is 5.38. The molecule has 2 amide bonds. The van der Waals surface area contributed by atoms with Gasteiger partial charge in [-0.3, -0.25) is 4.68 Å². The second-order valence-corrected chi connectivity index (χ2v) is 7.10. The predicted molar refractivity (Wildman–Crippen MR) is 99.7 cm³/mol. The van der Waals surface area contributed by atoms with Gasteiger partial charge in [-0.15, -0.1) is 0 Å². The fourth-order valence-corrected chi connectivity index (χ4v) is 3.68. The summed E-state index contributed by atoms with van der Waals surface area (Å²) in [4.78, 5) is 12.0. The zero-order valence-corrected chi connectivity index (χ0v) is 15.4. The number of amides is 2. The second kappa shape index (κ2) is 7.72. The Morgan fingerprint density at radius 1 is 1.20 bits per heavy atom. The highest BCUT2D eigenvalue weighted by molar-refractivity contribution is 5.73. The van der Waals surface area contributed by atoms with E-state index in [1.165, 1.54) is 29.7 Å². The topological polar surface area (TPSA) is 59.0 Å². The highest BCUT2D eigenvalue weighted by Crippen LogP contribution is 2.40. The van der Waals surface area contributed by atoms with E-state index < -0.39 is 0 Å². The third kappa shape index (κ3) is 4.21. The van der Waals surface area contributed by atoms with Gasteiger partial charge in [-0.25, -0.2) is 4.79 Å². The summed E-state index contributed by atoms with van der Waals surface area (Å²) >= 11 is 0. The van der Waals surface area contributed by atoms with Gasteiger partial charge < -0.3 is 10.6 Å². The summed E-state index contributed by atoms with van der Waals surface area (Å²) in [6.45, 7) is 5.48. The molecule has 0 bridgehead atoms. The lowest BCUT2D eigenvalue weighted by atomic mass is 9.71. The van der Waals surface area contributed by atoms with Crippen LogP contribution in [0, 0.1) is 19.8 Å². The van der Waals surface area contributed by atoms with Crippen molar-refractivity contribution >= 4 is 6.03 Å². The van der Waals surface area contributed by atoms with Gasteiger partial charge in [0.15, 0.2) is 0 Å². The number of aryl methyl sites for hydroxylation is 2. The van der Waals surface area contributed by atoms with Gasteiger partial charge in [0.1, 0.15) is 0 Å². The summed E-state index contributed by atoms with van der Waals surface area (Å²) in [6, 6.07) is 10.6. The Labute approximate surface area is 149 Å².